The zero-order chi connectivity index (χ0) is 18.4. The molecule has 1 aliphatic heterocycles. The first kappa shape index (κ1) is 22.7. The van der Waals surface area contributed by atoms with Crippen molar-refractivity contribution >= 4 is 24.1 Å². The summed E-state index contributed by atoms with van der Waals surface area (Å²) in [6, 6.07) is 7.64. The van der Waals surface area contributed by atoms with Gasteiger partial charge in [0.1, 0.15) is 0 Å². The summed E-state index contributed by atoms with van der Waals surface area (Å²) in [5.41, 5.74) is 8.00. The maximum Gasteiger partial charge on any atom is 0.239 e. The highest BCUT2D eigenvalue weighted by Crippen LogP contribution is 2.23. The Balaban J connectivity index is 0.00000338. The Morgan fingerprint density at radius 1 is 1.15 bits per heavy atom. The van der Waals surface area contributed by atoms with Crippen molar-refractivity contribution in [3.05, 3.63) is 35.4 Å². The van der Waals surface area contributed by atoms with Crippen LogP contribution in [0.2, 0.25) is 0 Å². The van der Waals surface area contributed by atoms with Gasteiger partial charge < -0.3 is 10.6 Å². The van der Waals surface area contributed by atoms with Crippen molar-refractivity contribution in [1.82, 2.24) is 4.90 Å². The summed E-state index contributed by atoms with van der Waals surface area (Å²) in [6.45, 7) is 7.70. The second-order valence-electron chi connectivity index (χ2n) is 7.65. The Morgan fingerprint density at radius 3 is 2.23 bits per heavy atom. The fourth-order valence-corrected chi connectivity index (χ4v) is 3.54. The molecule has 4 nitrogen and oxygen atoms in total. The first-order valence-corrected chi connectivity index (χ1v) is 9.59. The molecule has 1 saturated heterocycles. The van der Waals surface area contributed by atoms with Crippen LogP contribution < -0.4 is 5.73 Å². The third-order valence-electron chi connectivity index (χ3n) is 4.98. The Bertz CT molecular complexity index is 578. The molecule has 0 radical (unpaired) electrons. The standard InChI is InChI=1S/C21H32N2O2.ClH/c1-4-5-19(22)21(25)23-12-10-18(11-13-23)20(24)17-8-6-16(7-9-17)14-15(2)3;/h6-9,15,18-19H,4-5,10-14,22H2,1-3H3;1H. The molecule has 146 valence electrons. The molecule has 2 N–H and O–H groups in total. The van der Waals surface area contributed by atoms with E-state index in [0.717, 1.165) is 37.7 Å². The Kier molecular flexibility index (Phi) is 9.31. The van der Waals surface area contributed by atoms with Crippen LogP contribution in [-0.2, 0) is 11.2 Å². The number of likely N-dealkylation sites (tertiary alicyclic amines) is 1. The van der Waals surface area contributed by atoms with Crippen molar-refractivity contribution in [2.45, 2.75) is 58.9 Å². The van der Waals surface area contributed by atoms with Crippen LogP contribution in [0, 0.1) is 11.8 Å². The predicted octanol–water partition coefficient (Wildman–Crippen LogP) is 3.86. The number of hydrogen-bond acceptors (Lipinski definition) is 3. The van der Waals surface area contributed by atoms with Crippen LogP contribution in [0.15, 0.2) is 24.3 Å². The van der Waals surface area contributed by atoms with E-state index in [1.165, 1.54) is 5.56 Å². The number of nitrogens with zero attached hydrogens (tertiary/aromatic N) is 1. The highest BCUT2D eigenvalue weighted by Gasteiger charge is 2.29. The summed E-state index contributed by atoms with van der Waals surface area (Å²) in [4.78, 5) is 26.8. The molecule has 26 heavy (non-hydrogen) atoms. The highest BCUT2D eigenvalue weighted by molar-refractivity contribution is 5.98. The number of nitrogens with two attached hydrogens (primary N) is 1. The summed E-state index contributed by atoms with van der Waals surface area (Å²) in [5.74, 6) is 0.872. The van der Waals surface area contributed by atoms with Gasteiger partial charge in [-0.1, -0.05) is 51.5 Å². The Morgan fingerprint density at radius 2 is 1.73 bits per heavy atom. The van der Waals surface area contributed by atoms with E-state index >= 15 is 0 Å². The van der Waals surface area contributed by atoms with E-state index in [4.69, 9.17) is 5.73 Å². The number of amides is 1. The zero-order valence-electron chi connectivity index (χ0n) is 16.2. The number of Topliss-reactive ketones (excluding diaryl/α,β-unsaturated/α-hetero) is 1. The monoisotopic (exact) mass is 380 g/mol. The summed E-state index contributed by atoms with van der Waals surface area (Å²) in [7, 11) is 0. The second kappa shape index (κ2) is 10.7. The molecule has 1 heterocycles. The lowest BCUT2D eigenvalue weighted by atomic mass is 9.88. The molecule has 1 aliphatic rings. The van der Waals surface area contributed by atoms with Gasteiger partial charge in [0.05, 0.1) is 6.04 Å². The van der Waals surface area contributed by atoms with Gasteiger partial charge >= 0.3 is 0 Å². The third kappa shape index (κ3) is 6.10. The topological polar surface area (TPSA) is 63.4 Å². The van der Waals surface area contributed by atoms with Crippen LogP contribution in [0.5, 0.6) is 0 Å². The van der Waals surface area contributed by atoms with Gasteiger partial charge in [-0.25, -0.2) is 0 Å². The Labute approximate surface area is 163 Å². The minimum atomic E-state index is -0.397. The lowest BCUT2D eigenvalue weighted by molar-refractivity contribution is -0.134. The smallest absolute Gasteiger partial charge is 0.239 e. The van der Waals surface area contributed by atoms with Crippen molar-refractivity contribution in [1.29, 1.82) is 0 Å². The van der Waals surface area contributed by atoms with Gasteiger partial charge in [-0.2, -0.15) is 0 Å². The number of carbonyl (C=O) groups excluding carboxylic acids is 2. The zero-order valence-corrected chi connectivity index (χ0v) is 17.1. The number of piperidine rings is 1. The molecule has 0 aromatic heterocycles. The molecule has 0 spiro atoms. The highest BCUT2D eigenvalue weighted by atomic mass is 35.5. The van der Waals surface area contributed by atoms with Crippen molar-refractivity contribution in [2.75, 3.05) is 13.1 Å². The fourth-order valence-electron chi connectivity index (χ4n) is 3.54. The molecular weight excluding hydrogens is 348 g/mol. The van der Waals surface area contributed by atoms with Crippen molar-refractivity contribution in [3.63, 3.8) is 0 Å². The van der Waals surface area contributed by atoms with Gasteiger partial charge in [-0.05, 0) is 37.2 Å². The normalized spacial score (nSPS) is 16.3. The average molecular weight is 381 g/mol. The van der Waals surface area contributed by atoms with Gasteiger partial charge in [-0.15, -0.1) is 12.4 Å². The van der Waals surface area contributed by atoms with Crippen molar-refractivity contribution in [2.24, 2.45) is 17.6 Å². The molecule has 5 heteroatoms. The van der Waals surface area contributed by atoms with Gasteiger partial charge in [0.25, 0.3) is 0 Å². The summed E-state index contributed by atoms with van der Waals surface area (Å²) in [6.07, 6.45) is 4.14. The van der Waals surface area contributed by atoms with E-state index in [1.54, 1.807) is 0 Å². The molecule has 1 aromatic carbocycles. The number of benzene rings is 1. The quantitative estimate of drug-likeness (QED) is 0.730. The van der Waals surface area contributed by atoms with E-state index in [1.807, 2.05) is 24.0 Å². The van der Waals surface area contributed by atoms with Crippen molar-refractivity contribution in [3.8, 4) is 0 Å². The molecule has 1 atom stereocenters. The lowest BCUT2D eigenvalue weighted by Crippen LogP contribution is -2.47. The third-order valence-corrected chi connectivity index (χ3v) is 4.98. The SMILES string of the molecule is CCCC(N)C(=O)N1CCC(C(=O)c2ccc(CC(C)C)cc2)CC1.Cl. The fraction of sp³-hybridized carbons (Fsp3) is 0.619. The summed E-state index contributed by atoms with van der Waals surface area (Å²) >= 11 is 0. The van der Waals surface area contributed by atoms with E-state index in [0.29, 0.717) is 19.0 Å². The molecule has 0 aliphatic carbocycles. The molecule has 1 unspecified atom stereocenters. The second-order valence-corrected chi connectivity index (χ2v) is 7.65. The van der Waals surface area contributed by atoms with Gasteiger partial charge in [0.2, 0.25) is 5.91 Å². The minimum absolute atomic E-state index is 0. The first-order valence-electron chi connectivity index (χ1n) is 9.59. The maximum atomic E-state index is 12.7. The van der Waals surface area contributed by atoms with Crippen LogP contribution in [-0.4, -0.2) is 35.7 Å². The molecule has 0 saturated carbocycles. The minimum Gasteiger partial charge on any atom is -0.341 e. The van der Waals surface area contributed by atoms with E-state index in [-0.39, 0.29) is 30.0 Å². The van der Waals surface area contributed by atoms with Crippen molar-refractivity contribution < 1.29 is 9.59 Å². The van der Waals surface area contributed by atoms with Crippen LogP contribution in [0.4, 0.5) is 0 Å². The van der Waals surface area contributed by atoms with E-state index in [9.17, 15) is 9.59 Å². The van der Waals surface area contributed by atoms with Gasteiger partial charge in [-0.3, -0.25) is 9.59 Å². The lowest BCUT2D eigenvalue weighted by Gasteiger charge is -2.33. The molecule has 2 rings (SSSR count). The molecule has 1 aromatic rings. The molecular formula is C21H33ClN2O2. The maximum absolute atomic E-state index is 12.7. The number of carbonyl (C=O) groups is 2. The van der Waals surface area contributed by atoms with Crippen LogP contribution in [0.1, 0.15) is 62.4 Å². The van der Waals surface area contributed by atoms with Gasteiger partial charge in [0, 0.05) is 24.6 Å². The van der Waals surface area contributed by atoms with Crippen LogP contribution in [0.3, 0.4) is 0 Å². The number of halogens is 1. The molecule has 0 bridgehead atoms. The van der Waals surface area contributed by atoms with Crippen LogP contribution >= 0.6 is 12.4 Å². The largest absolute Gasteiger partial charge is 0.341 e. The van der Waals surface area contributed by atoms with Gasteiger partial charge in [0.15, 0.2) is 5.78 Å². The number of rotatable bonds is 7. The first-order chi connectivity index (χ1) is 11.9. The number of hydrogen-bond donors (Lipinski definition) is 1. The van der Waals surface area contributed by atoms with E-state index < -0.39 is 6.04 Å². The molecule has 1 amide bonds. The summed E-state index contributed by atoms with van der Waals surface area (Å²) < 4.78 is 0. The average Bonchev–Trinajstić information content (AvgIpc) is 2.61. The Hall–Kier alpha value is -1.39. The van der Waals surface area contributed by atoms with E-state index in [2.05, 4.69) is 26.0 Å². The molecule has 1 fully saturated rings. The summed E-state index contributed by atoms with van der Waals surface area (Å²) in [5, 5.41) is 0. The van der Waals surface area contributed by atoms with Crippen LogP contribution in [0.25, 0.3) is 0 Å². The number of ketones is 1. The predicted molar refractivity (Wildman–Crippen MR) is 109 cm³/mol.